The molecule has 0 aromatic heterocycles. The first kappa shape index (κ1) is 17.8. The molecule has 0 saturated heterocycles. The van der Waals surface area contributed by atoms with Crippen molar-refractivity contribution in [2.24, 2.45) is 4.99 Å². The number of nitrogens with zero attached hydrogens (tertiary/aromatic N) is 2. The van der Waals surface area contributed by atoms with E-state index in [1.165, 1.54) is 11.8 Å². The van der Waals surface area contributed by atoms with Crippen molar-refractivity contribution < 1.29 is 18.7 Å². The predicted molar refractivity (Wildman–Crippen MR) is 89.0 cm³/mol. The maximum atomic E-state index is 14.2. The highest BCUT2D eigenvalue weighted by molar-refractivity contribution is 5.95. The van der Waals surface area contributed by atoms with Gasteiger partial charge < -0.3 is 9.64 Å². The van der Waals surface area contributed by atoms with Crippen molar-refractivity contribution in [2.75, 3.05) is 7.05 Å². The molecule has 5 nitrogen and oxygen atoms in total. The van der Waals surface area contributed by atoms with Crippen LogP contribution in [0.2, 0.25) is 0 Å². The van der Waals surface area contributed by atoms with Crippen molar-refractivity contribution in [3.8, 4) is 0 Å². The third-order valence-corrected chi connectivity index (χ3v) is 4.38. The zero-order valence-corrected chi connectivity index (χ0v) is 14.1. The number of ketones is 1. The van der Waals surface area contributed by atoms with Crippen molar-refractivity contribution in [3.63, 3.8) is 0 Å². The highest BCUT2D eigenvalue weighted by Crippen LogP contribution is 2.41. The first-order chi connectivity index (χ1) is 11.3. The molecule has 1 aromatic rings. The van der Waals surface area contributed by atoms with E-state index in [0.29, 0.717) is 12.8 Å². The van der Waals surface area contributed by atoms with Gasteiger partial charge in [-0.2, -0.15) is 4.39 Å². The molecule has 6 heteroatoms. The summed E-state index contributed by atoms with van der Waals surface area (Å²) < 4.78 is 19.5. The van der Waals surface area contributed by atoms with Crippen molar-refractivity contribution in [2.45, 2.75) is 38.3 Å². The number of Topliss-reactive ketones (excluding diaryl/α,β-unsaturated/α-hetero) is 1. The number of esters is 1. The number of ether oxygens (including phenoxy) is 1. The van der Waals surface area contributed by atoms with Gasteiger partial charge in [0.15, 0.2) is 17.1 Å². The van der Waals surface area contributed by atoms with E-state index in [9.17, 15) is 14.0 Å². The van der Waals surface area contributed by atoms with Crippen LogP contribution in [0.15, 0.2) is 47.0 Å². The Morgan fingerprint density at radius 1 is 1.33 bits per heavy atom. The average Bonchev–Trinajstić information content (AvgIpc) is 3.35. The van der Waals surface area contributed by atoms with Crippen LogP contribution in [0.25, 0.3) is 0 Å². The van der Waals surface area contributed by atoms with Gasteiger partial charge >= 0.3 is 5.97 Å². The summed E-state index contributed by atoms with van der Waals surface area (Å²) in [5, 5.41) is 0. The van der Waals surface area contributed by atoms with Gasteiger partial charge in [0.25, 0.3) is 0 Å². The molecule has 128 valence electrons. The van der Waals surface area contributed by atoms with Gasteiger partial charge in [-0.3, -0.25) is 4.79 Å². The Bertz CT molecular complexity index is 681. The largest absolute Gasteiger partial charge is 0.446 e. The molecule has 0 heterocycles. The number of hydrogen-bond donors (Lipinski definition) is 0. The maximum Gasteiger partial charge on any atom is 0.360 e. The van der Waals surface area contributed by atoms with E-state index >= 15 is 0 Å². The standard InChI is InChI=1S/C18H21FN2O3/c1-12(14-8-6-5-7-9-14)21(4)15(16(19)20-3)17(23)24-18(10-11-18)13(2)22/h5-9,12H,3,10-11H2,1-2,4H3/b16-15-/t12-/m1/s1. The molecule has 1 aromatic carbocycles. The molecule has 1 aliphatic carbocycles. The number of carbonyl (C=O) groups excluding carboxylic acids is 2. The molecule has 0 spiro atoms. The van der Waals surface area contributed by atoms with Crippen LogP contribution in [-0.2, 0) is 14.3 Å². The minimum Gasteiger partial charge on any atom is -0.446 e. The van der Waals surface area contributed by atoms with E-state index in [1.807, 2.05) is 37.3 Å². The van der Waals surface area contributed by atoms with Crippen molar-refractivity contribution in [1.82, 2.24) is 4.90 Å². The number of hydrogen-bond acceptors (Lipinski definition) is 5. The van der Waals surface area contributed by atoms with Gasteiger partial charge in [0.2, 0.25) is 5.95 Å². The van der Waals surface area contributed by atoms with Crippen LogP contribution >= 0.6 is 0 Å². The van der Waals surface area contributed by atoms with Crippen LogP contribution in [0.4, 0.5) is 4.39 Å². The topological polar surface area (TPSA) is 59.0 Å². The summed E-state index contributed by atoms with van der Waals surface area (Å²) in [6.07, 6.45) is 0.922. The van der Waals surface area contributed by atoms with E-state index in [-0.39, 0.29) is 17.5 Å². The lowest BCUT2D eigenvalue weighted by atomic mass is 10.1. The molecule has 1 fully saturated rings. The Kier molecular flexibility index (Phi) is 5.17. The van der Waals surface area contributed by atoms with Crippen molar-refractivity contribution in [3.05, 3.63) is 47.5 Å². The summed E-state index contributed by atoms with van der Waals surface area (Å²) in [6, 6.07) is 9.05. The van der Waals surface area contributed by atoms with Gasteiger partial charge in [-0.25, -0.2) is 9.79 Å². The first-order valence-corrected chi connectivity index (χ1v) is 7.71. The van der Waals surface area contributed by atoms with Crippen LogP contribution in [0.3, 0.4) is 0 Å². The smallest absolute Gasteiger partial charge is 0.360 e. The number of carbonyl (C=O) groups is 2. The van der Waals surface area contributed by atoms with E-state index in [0.717, 1.165) is 5.56 Å². The highest BCUT2D eigenvalue weighted by Gasteiger charge is 2.52. The molecule has 1 saturated carbocycles. The molecule has 0 radical (unpaired) electrons. The summed E-state index contributed by atoms with van der Waals surface area (Å²) in [5.41, 5.74) is -0.551. The monoisotopic (exact) mass is 332 g/mol. The lowest BCUT2D eigenvalue weighted by Crippen LogP contribution is -2.34. The summed E-state index contributed by atoms with van der Waals surface area (Å²) in [5.74, 6) is -2.16. The van der Waals surface area contributed by atoms with E-state index in [2.05, 4.69) is 11.7 Å². The van der Waals surface area contributed by atoms with Gasteiger partial charge in [0.05, 0.1) is 6.04 Å². The second-order valence-corrected chi connectivity index (χ2v) is 5.94. The molecule has 24 heavy (non-hydrogen) atoms. The maximum absolute atomic E-state index is 14.2. The zero-order chi connectivity index (χ0) is 17.9. The number of benzene rings is 1. The van der Waals surface area contributed by atoms with Crippen LogP contribution in [-0.4, -0.2) is 36.0 Å². The molecule has 1 aliphatic rings. The third-order valence-electron chi connectivity index (χ3n) is 4.38. The Morgan fingerprint density at radius 2 is 1.92 bits per heavy atom. The van der Waals surface area contributed by atoms with Gasteiger partial charge in [0, 0.05) is 7.05 Å². The number of likely N-dealkylation sites (N-methyl/N-ethyl adjacent to an activating group) is 1. The average molecular weight is 332 g/mol. The lowest BCUT2D eigenvalue weighted by Gasteiger charge is -2.29. The second kappa shape index (κ2) is 6.95. The zero-order valence-electron chi connectivity index (χ0n) is 14.1. The fourth-order valence-electron chi connectivity index (χ4n) is 2.46. The fraction of sp³-hybridized carbons (Fsp3) is 0.389. The SMILES string of the molecule is C=N/C(F)=C(/C(=O)OC1(C(C)=O)CC1)N(C)[C@H](C)c1ccccc1. The lowest BCUT2D eigenvalue weighted by molar-refractivity contribution is -0.155. The van der Waals surface area contributed by atoms with Gasteiger partial charge in [-0.1, -0.05) is 30.3 Å². The predicted octanol–water partition coefficient (Wildman–Crippen LogP) is 3.18. The molecular formula is C18H21FN2O3. The van der Waals surface area contributed by atoms with Crippen molar-refractivity contribution in [1.29, 1.82) is 0 Å². The molecule has 2 rings (SSSR count). The molecular weight excluding hydrogens is 311 g/mol. The minimum atomic E-state index is -1.11. The van der Waals surface area contributed by atoms with E-state index in [4.69, 9.17) is 4.74 Å². The summed E-state index contributed by atoms with van der Waals surface area (Å²) >= 11 is 0. The summed E-state index contributed by atoms with van der Waals surface area (Å²) in [6.45, 7) is 6.33. The third kappa shape index (κ3) is 3.53. The highest BCUT2D eigenvalue weighted by atomic mass is 19.1. The van der Waals surface area contributed by atoms with E-state index < -0.39 is 17.5 Å². The van der Waals surface area contributed by atoms with Gasteiger partial charge in [-0.15, -0.1) is 0 Å². The van der Waals surface area contributed by atoms with Crippen LogP contribution in [0.1, 0.15) is 38.3 Å². The Labute approximate surface area is 140 Å². The Morgan fingerprint density at radius 3 is 2.38 bits per heavy atom. The molecule has 0 N–H and O–H groups in total. The molecule has 0 amide bonds. The Balaban J connectivity index is 2.27. The normalized spacial score (nSPS) is 17.3. The van der Waals surface area contributed by atoms with Crippen LogP contribution in [0, 0.1) is 0 Å². The number of rotatable bonds is 7. The molecule has 1 atom stereocenters. The fourth-order valence-corrected chi connectivity index (χ4v) is 2.46. The van der Waals surface area contributed by atoms with Crippen LogP contribution in [0.5, 0.6) is 0 Å². The first-order valence-electron chi connectivity index (χ1n) is 7.71. The molecule has 0 unspecified atom stereocenters. The van der Waals surface area contributed by atoms with Gasteiger partial charge in [-0.05, 0) is 39.0 Å². The summed E-state index contributed by atoms with van der Waals surface area (Å²) in [7, 11) is 1.58. The summed E-state index contributed by atoms with van der Waals surface area (Å²) in [4.78, 5) is 28.8. The quantitative estimate of drug-likeness (QED) is 0.333. The van der Waals surface area contributed by atoms with Crippen LogP contribution < -0.4 is 0 Å². The number of aliphatic imine (C=N–C) groups is 1. The second-order valence-electron chi connectivity index (χ2n) is 5.94. The van der Waals surface area contributed by atoms with Crippen molar-refractivity contribution >= 4 is 18.5 Å². The van der Waals surface area contributed by atoms with Gasteiger partial charge in [0.1, 0.15) is 0 Å². The number of halogens is 1. The van der Waals surface area contributed by atoms with E-state index in [1.54, 1.807) is 7.05 Å². The Hall–Kier alpha value is -2.50. The molecule has 0 aliphatic heterocycles. The molecule has 0 bridgehead atoms. The minimum absolute atomic E-state index is 0.235.